The number of nitrogens with one attached hydrogen (secondary N) is 1. The zero-order valence-corrected chi connectivity index (χ0v) is 17.4. The summed E-state index contributed by atoms with van der Waals surface area (Å²) in [5.41, 5.74) is 3.12. The highest BCUT2D eigenvalue weighted by Crippen LogP contribution is 2.31. The van der Waals surface area contributed by atoms with E-state index in [1.807, 2.05) is 18.2 Å². The normalized spacial score (nSPS) is 10.9. The van der Waals surface area contributed by atoms with Gasteiger partial charge in [0.15, 0.2) is 5.82 Å². The van der Waals surface area contributed by atoms with Crippen molar-refractivity contribution in [1.29, 1.82) is 0 Å². The van der Waals surface area contributed by atoms with Crippen LogP contribution in [0.1, 0.15) is 0 Å². The lowest BCUT2D eigenvalue weighted by Crippen LogP contribution is -2.03. The van der Waals surface area contributed by atoms with E-state index in [0.29, 0.717) is 11.0 Å². The molecular formula is C21H16BrN3O2S. The first kappa shape index (κ1) is 18.7. The zero-order valence-electron chi connectivity index (χ0n) is 15.0. The van der Waals surface area contributed by atoms with Gasteiger partial charge in [0.05, 0.1) is 12.9 Å². The standard InChI is InChI=1S/C21H16BrN3O2S/c1-27-19(26)12-28-21-23-20(24-25-21)17-9-16(10-18(22)11-17)15-7-6-13-4-2-3-5-14(13)8-15/h2-11H,12H2,1H3,(H,23,24,25). The number of nitrogens with zero attached hydrogens (tertiary/aromatic N) is 2. The Bertz CT molecular complexity index is 1160. The van der Waals surface area contributed by atoms with E-state index in [1.54, 1.807) is 0 Å². The summed E-state index contributed by atoms with van der Waals surface area (Å²) in [5.74, 6) is 0.516. The van der Waals surface area contributed by atoms with Crippen LogP contribution in [-0.2, 0) is 9.53 Å². The molecule has 0 atom stereocenters. The molecule has 4 rings (SSSR count). The number of hydrogen-bond acceptors (Lipinski definition) is 5. The first-order valence-electron chi connectivity index (χ1n) is 8.54. The number of fused-ring (bicyclic) bond motifs is 1. The molecular weight excluding hydrogens is 438 g/mol. The predicted octanol–water partition coefficient (Wildman–Crippen LogP) is 5.32. The van der Waals surface area contributed by atoms with Crippen molar-refractivity contribution in [3.63, 3.8) is 0 Å². The van der Waals surface area contributed by atoms with Gasteiger partial charge in [0, 0.05) is 10.0 Å². The molecule has 0 saturated heterocycles. The molecule has 7 heteroatoms. The van der Waals surface area contributed by atoms with Crippen LogP contribution in [0.4, 0.5) is 0 Å². The molecule has 0 bridgehead atoms. The first-order valence-corrected chi connectivity index (χ1v) is 10.3. The summed E-state index contributed by atoms with van der Waals surface area (Å²) in [7, 11) is 1.36. The molecule has 0 fully saturated rings. The van der Waals surface area contributed by atoms with Crippen molar-refractivity contribution in [2.45, 2.75) is 5.16 Å². The number of aromatic nitrogens is 3. The van der Waals surface area contributed by atoms with Gasteiger partial charge in [-0.2, -0.15) is 0 Å². The van der Waals surface area contributed by atoms with Crippen LogP contribution in [0.25, 0.3) is 33.3 Å². The fraction of sp³-hybridized carbons (Fsp3) is 0.0952. The number of H-pyrrole nitrogens is 1. The Balaban J connectivity index is 1.65. The van der Waals surface area contributed by atoms with Crippen LogP contribution in [0.3, 0.4) is 0 Å². The van der Waals surface area contributed by atoms with Crippen LogP contribution in [0.5, 0.6) is 0 Å². The third-order valence-electron chi connectivity index (χ3n) is 4.27. The monoisotopic (exact) mass is 453 g/mol. The number of carbonyl (C=O) groups is 1. The molecule has 0 radical (unpaired) electrons. The second-order valence-corrected chi connectivity index (χ2v) is 7.98. The van der Waals surface area contributed by atoms with Gasteiger partial charge in [0.2, 0.25) is 5.16 Å². The number of methoxy groups -OCH3 is 1. The molecule has 0 unspecified atom stereocenters. The number of halogens is 1. The Kier molecular flexibility index (Phi) is 5.45. The van der Waals surface area contributed by atoms with Gasteiger partial charge < -0.3 is 4.74 Å². The van der Waals surface area contributed by atoms with Crippen molar-refractivity contribution in [3.05, 3.63) is 65.1 Å². The van der Waals surface area contributed by atoms with Crippen LogP contribution in [0.15, 0.2) is 70.3 Å². The molecule has 3 aromatic carbocycles. The quantitative estimate of drug-likeness (QED) is 0.327. The van der Waals surface area contributed by atoms with E-state index in [4.69, 9.17) is 0 Å². The minimum absolute atomic E-state index is 0.175. The summed E-state index contributed by atoms with van der Waals surface area (Å²) in [4.78, 5) is 15.8. The summed E-state index contributed by atoms with van der Waals surface area (Å²) in [6.07, 6.45) is 0. The van der Waals surface area contributed by atoms with E-state index in [1.165, 1.54) is 29.6 Å². The molecule has 0 aliphatic rings. The highest BCUT2D eigenvalue weighted by Gasteiger charge is 2.11. The Morgan fingerprint density at radius 3 is 2.64 bits per heavy atom. The zero-order chi connectivity index (χ0) is 19.5. The number of rotatable bonds is 5. The highest BCUT2D eigenvalue weighted by molar-refractivity contribution is 9.10. The topological polar surface area (TPSA) is 67.9 Å². The van der Waals surface area contributed by atoms with E-state index in [2.05, 4.69) is 78.3 Å². The van der Waals surface area contributed by atoms with E-state index in [-0.39, 0.29) is 11.7 Å². The first-order chi connectivity index (χ1) is 13.6. The molecule has 0 spiro atoms. The van der Waals surface area contributed by atoms with Gasteiger partial charge in [-0.25, -0.2) is 4.98 Å². The maximum absolute atomic E-state index is 11.3. The number of carbonyl (C=O) groups excluding carboxylic acids is 1. The molecule has 28 heavy (non-hydrogen) atoms. The average molecular weight is 454 g/mol. The number of aromatic amines is 1. The van der Waals surface area contributed by atoms with Crippen molar-refractivity contribution >= 4 is 44.4 Å². The van der Waals surface area contributed by atoms with Crippen molar-refractivity contribution in [1.82, 2.24) is 15.2 Å². The molecule has 4 aromatic rings. The van der Waals surface area contributed by atoms with E-state index in [9.17, 15) is 4.79 Å². The second kappa shape index (κ2) is 8.16. The summed E-state index contributed by atoms with van der Waals surface area (Å²) in [6.45, 7) is 0. The summed E-state index contributed by atoms with van der Waals surface area (Å²) in [5, 5.41) is 10.0. The lowest BCUT2D eigenvalue weighted by atomic mass is 9.99. The number of esters is 1. The minimum Gasteiger partial charge on any atom is -0.468 e. The molecule has 0 amide bonds. The third kappa shape index (κ3) is 4.10. The molecule has 1 heterocycles. The maximum Gasteiger partial charge on any atom is 0.316 e. The molecule has 0 saturated carbocycles. The molecule has 1 N–H and O–H groups in total. The SMILES string of the molecule is COC(=O)CSc1n[nH]c(-c2cc(Br)cc(-c3ccc4ccccc4c3)c2)n1. The van der Waals surface area contributed by atoms with Gasteiger partial charge in [-0.3, -0.25) is 9.89 Å². The summed E-state index contributed by atoms with van der Waals surface area (Å²) < 4.78 is 5.59. The Hall–Kier alpha value is -2.64. The molecule has 5 nitrogen and oxygen atoms in total. The summed E-state index contributed by atoms with van der Waals surface area (Å²) >= 11 is 4.83. The van der Waals surface area contributed by atoms with Crippen LogP contribution in [0.2, 0.25) is 0 Å². The lowest BCUT2D eigenvalue weighted by Gasteiger charge is -2.07. The highest BCUT2D eigenvalue weighted by atomic mass is 79.9. The Labute approximate surface area is 174 Å². The number of benzene rings is 3. The van der Waals surface area contributed by atoms with Gasteiger partial charge in [-0.1, -0.05) is 64.1 Å². The van der Waals surface area contributed by atoms with E-state index >= 15 is 0 Å². The smallest absolute Gasteiger partial charge is 0.316 e. The molecule has 0 aliphatic heterocycles. The Morgan fingerprint density at radius 1 is 1.04 bits per heavy atom. The number of thioether (sulfide) groups is 1. The molecule has 0 aliphatic carbocycles. The number of hydrogen-bond donors (Lipinski definition) is 1. The predicted molar refractivity (Wildman–Crippen MR) is 115 cm³/mol. The van der Waals surface area contributed by atoms with Crippen molar-refractivity contribution in [2.75, 3.05) is 12.9 Å². The fourth-order valence-electron chi connectivity index (χ4n) is 2.88. The molecule has 1 aromatic heterocycles. The van der Waals surface area contributed by atoms with Gasteiger partial charge in [-0.05, 0) is 46.2 Å². The Morgan fingerprint density at radius 2 is 1.82 bits per heavy atom. The van der Waals surface area contributed by atoms with Crippen LogP contribution >= 0.6 is 27.7 Å². The largest absolute Gasteiger partial charge is 0.468 e. The van der Waals surface area contributed by atoms with Gasteiger partial charge in [0.1, 0.15) is 0 Å². The third-order valence-corrected chi connectivity index (χ3v) is 5.54. The van der Waals surface area contributed by atoms with Crippen LogP contribution in [-0.4, -0.2) is 34.0 Å². The average Bonchev–Trinajstić information content (AvgIpc) is 3.20. The molecule has 140 valence electrons. The van der Waals surface area contributed by atoms with Crippen molar-refractivity contribution in [2.24, 2.45) is 0 Å². The van der Waals surface area contributed by atoms with Gasteiger partial charge in [-0.15, -0.1) is 5.10 Å². The maximum atomic E-state index is 11.3. The van der Waals surface area contributed by atoms with Gasteiger partial charge >= 0.3 is 5.97 Å². The minimum atomic E-state index is -0.308. The van der Waals surface area contributed by atoms with Crippen molar-refractivity contribution < 1.29 is 9.53 Å². The fourth-order valence-corrected chi connectivity index (χ4v) is 4.01. The van der Waals surface area contributed by atoms with Crippen molar-refractivity contribution in [3.8, 4) is 22.5 Å². The van der Waals surface area contributed by atoms with Gasteiger partial charge in [0.25, 0.3) is 0 Å². The van der Waals surface area contributed by atoms with E-state index < -0.39 is 0 Å². The van der Waals surface area contributed by atoms with Crippen LogP contribution < -0.4 is 0 Å². The van der Waals surface area contributed by atoms with E-state index in [0.717, 1.165) is 21.2 Å². The summed E-state index contributed by atoms with van der Waals surface area (Å²) in [6, 6.07) is 20.9. The van der Waals surface area contributed by atoms with Crippen LogP contribution in [0, 0.1) is 0 Å². The number of ether oxygens (including phenoxy) is 1. The lowest BCUT2D eigenvalue weighted by molar-refractivity contribution is -0.137. The second-order valence-electron chi connectivity index (χ2n) is 6.12.